The maximum atomic E-state index is 12.9. The van der Waals surface area contributed by atoms with Crippen molar-refractivity contribution in [3.63, 3.8) is 0 Å². The average molecular weight is 1030 g/mol. The van der Waals surface area contributed by atoms with Crippen molar-refractivity contribution in [2.45, 2.75) is 290 Å². The van der Waals surface area contributed by atoms with Crippen LogP contribution in [0.15, 0.2) is 109 Å². The lowest BCUT2D eigenvalue weighted by Gasteiger charge is -2.18. The first-order valence-electron chi connectivity index (χ1n) is 30.9. The minimum atomic E-state index is -0.799. The van der Waals surface area contributed by atoms with Crippen LogP contribution in [0.2, 0.25) is 0 Å². The van der Waals surface area contributed by atoms with Crippen molar-refractivity contribution in [3.8, 4) is 0 Å². The van der Waals surface area contributed by atoms with Gasteiger partial charge < -0.3 is 14.2 Å². The number of hydrogen-bond acceptors (Lipinski definition) is 6. The van der Waals surface area contributed by atoms with E-state index in [4.69, 9.17) is 14.2 Å². The van der Waals surface area contributed by atoms with E-state index < -0.39 is 6.10 Å². The fourth-order valence-corrected chi connectivity index (χ4v) is 8.38. The largest absolute Gasteiger partial charge is 0.462 e. The molecule has 0 aliphatic rings. The summed E-state index contributed by atoms with van der Waals surface area (Å²) in [4.78, 5) is 38.2. The zero-order valence-electron chi connectivity index (χ0n) is 48.3. The Hall–Kier alpha value is -3.93. The summed E-state index contributed by atoms with van der Waals surface area (Å²) in [5.41, 5.74) is 0. The Labute approximate surface area is 457 Å². The van der Waals surface area contributed by atoms with Crippen LogP contribution in [0, 0.1) is 0 Å². The molecule has 1 atom stereocenters. The van der Waals surface area contributed by atoms with Gasteiger partial charge in [-0.3, -0.25) is 14.4 Å². The predicted octanol–water partition coefficient (Wildman–Crippen LogP) is 21.0. The van der Waals surface area contributed by atoms with Crippen molar-refractivity contribution >= 4 is 17.9 Å². The normalized spacial score (nSPS) is 12.9. The van der Waals surface area contributed by atoms with Crippen molar-refractivity contribution < 1.29 is 28.6 Å². The van der Waals surface area contributed by atoms with E-state index in [0.717, 1.165) is 122 Å². The minimum absolute atomic E-state index is 0.0953. The number of rotatable bonds is 55. The molecule has 0 amide bonds. The summed E-state index contributed by atoms with van der Waals surface area (Å²) in [6.07, 6.45) is 83.8. The van der Waals surface area contributed by atoms with Gasteiger partial charge in [-0.15, -0.1) is 0 Å². The van der Waals surface area contributed by atoms with E-state index in [1.807, 2.05) is 0 Å². The molecule has 0 heterocycles. The Morgan fingerprint density at radius 3 is 0.905 bits per heavy atom. The van der Waals surface area contributed by atoms with Gasteiger partial charge in [-0.2, -0.15) is 0 Å². The third kappa shape index (κ3) is 59.0. The SMILES string of the molecule is CC/C=C\C/C=C\C/C=C\C/C=C\C/C=C\C/C=C\C/C=C\C/C=C\CCCCC(=O)OCC(COC(=O)CCCCCCC/C=C\CCCC)OC(=O)CCCCCCCCCCCCCCCCCCCC. The van der Waals surface area contributed by atoms with E-state index in [2.05, 4.69) is 130 Å². The van der Waals surface area contributed by atoms with Crippen LogP contribution in [0.5, 0.6) is 0 Å². The summed E-state index contributed by atoms with van der Waals surface area (Å²) in [6, 6.07) is 0. The van der Waals surface area contributed by atoms with Crippen LogP contribution in [0.4, 0.5) is 0 Å². The lowest BCUT2D eigenvalue weighted by molar-refractivity contribution is -0.167. The number of unbranched alkanes of at least 4 members (excludes halogenated alkanes) is 26. The number of hydrogen-bond donors (Lipinski definition) is 0. The molecule has 0 aromatic heterocycles. The van der Waals surface area contributed by atoms with Crippen LogP contribution in [0.25, 0.3) is 0 Å². The van der Waals surface area contributed by atoms with Crippen molar-refractivity contribution in [1.82, 2.24) is 0 Å². The van der Waals surface area contributed by atoms with Gasteiger partial charge in [-0.25, -0.2) is 0 Å². The summed E-state index contributed by atoms with van der Waals surface area (Å²) < 4.78 is 16.8. The molecule has 6 nitrogen and oxygen atoms in total. The Kier molecular flexibility index (Phi) is 58.3. The highest BCUT2D eigenvalue weighted by Crippen LogP contribution is 2.16. The van der Waals surface area contributed by atoms with E-state index in [-0.39, 0.29) is 31.1 Å². The second-order valence-electron chi connectivity index (χ2n) is 20.2. The molecule has 6 heteroatoms. The first-order chi connectivity index (χ1) is 36.5. The topological polar surface area (TPSA) is 78.9 Å². The van der Waals surface area contributed by atoms with Gasteiger partial charge in [0.1, 0.15) is 13.2 Å². The van der Waals surface area contributed by atoms with Gasteiger partial charge >= 0.3 is 17.9 Å². The molecule has 0 aliphatic heterocycles. The van der Waals surface area contributed by atoms with Crippen LogP contribution in [-0.2, 0) is 28.6 Å². The molecule has 1 unspecified atom stereocenters. The second kappa shape index (κ2) is 61.6. The molecule has 0 N–H and O–H groups in total. The zero-order valence-corrected chi connectivity index (χ0v) is 48.3. The van der Waals surface area contributed by atoms with Gasteiger partial charge in [0, 0.05) is 19.3 Å². The van der Waals surface area contributed by atoms with E-state index in [9.17, 15) is 14.4 Å². The maximum absolute atomic E-state index is 12.9. The molecule has 0 rings (SSSR count). The fraction of sp³-hybridized carbons (Fsp3) is 0.691. The van der Waals surface area contributed by atoms with E-state index in [0.29, 0.717) is 19.3 Å². The molecule has 0 saturated heterocycles. The molecular weight excluding hydrogens is 913 g/mol. The molecule has 0 aliphatic carbocycles. The molecule has 0 radical (unpaired) electrons. The Bertz CT molecular complexity index is 1510. The fourth-order valence-electron chi connectivity index (χ4n) is 8.38. The lowest BCUT2D eigenvalue weighted by atomic mass is 10.0. The first kappa shape index (κ1) is 70.1. The molecule has 0 aromatic rings. The molecule has 422 valence electrons. The smallest absolute Gasteiger partial charge is 0.306 e. The standard InChI is InChI=1S/C68H114O6/c1-4-7-10-13-16-19-22-24-26-28-30-31-32-33-34-35-36-37-38-40-41-43-46-49-52-55-58-61-67(70)73-64-65(63-72-66(69)60-57-54-51-48-45-21-18-15-12-9-6-3)74-68(71)62-59-56-53-50-47-44-42-39-29-27-25-23-20-17-14-11-8-5-2/h7,10,15-16,18-19,24,26,30-31,33-34,36-37,40-41,46,49,65H,4-6,8-9,11-14,17,20-23,25,27-29,32,35,38-39,42-45,47-48,50-64H2,1-3H3/b10-7-,18-15-,19-16-,26-24-,31-30-,34-33-,37-36-,41-40-,49-46-. The van der Waals surface area contributed by atoms with Crippen molar-refractivity contribution in [1.29, 1.82) is 0 Å². The van der Waals surface area contributed by atoms with Crippen LogP contribution < -0.4 is 0 Å². The summed E-state index contributed by atoms with van der Waals surface area (Å²) in [6.45, 7) is 6.46. The minimum Gasteiger partial charge on any atom is -0.462 e. The number of carbonyl (C=O) groups excluding carboxylic acids is 3. The summed E-state index contributed by atoms with van der Waals surface area (Å²) in [5.74, 6) is -0.944. The van der Waals surface area contributed by atoms with Crippen molar-refractivity contribution in [2.75, 3.05) is 13.2 Å². The van der Waals surface area contributed by atoms with E-state index >= 15 is 0 Å². The number of esters is 3. The van der Waals surface area contributed by atoms with Crippen molar-refractivity contribution in [3.05, 3.63) is 109 Å². The monoisotopic (exact) mass is 1030 g/mol. The molecular formula is C68H114O6. The molecule has 0 spiro atoms. The van der Waals surface area contributed by atoms with Crippen LogP contribution >= 0.6 is 0 Å². The molecule has 0 fully saturated rings. The van der Waals surface area contributed by atoms with E-state index in [1.165, 1.54) is 122 Å². The Morgan fingerprint density at radius 1 is 0.284 bits per heavy atom. The van der Waals surface area contributed by atoms with Crippen LogP contribution in [0.1, 0.15) is 284 Å². The first-order valence-corrected chi connectivity index (χ1v) is 30.9. The van der Waals surface area contributed by atoms with Crippen LogP contribution in [0.3, 0.4) is 0 Å². The van der Waals surface area contributed by atoms with Gasteiger partial charge in [0.2, 0.25) is 0 Å². The number of ether oxygens (including phenoxy) is 3. The molecule has 0 saturated carbocycles. The lowest BCUT2D eigenvalue weighted by Crippen LogP contribution is -2.30. The van der Waals surface area contributed by atoms with Gasteiger partial charge in [0.15, 0.2) is 6.10 Å². The quantitative estimate of drug-likeness (QED) is 0.0261. The van der Waals surface area contributed by atoms with Gasteiger partial charge in [-0.1, -0.05) is 271 Å². The van der Waals surface area contributed by atoms with E-state index in [1.54, 1.807) is 0 Å². The Balaban J connectivity index is 4.38. The molecule has 0 bridgehead atoms. The molecule has 74 heavy (non-hydrogen) atoms. The summed E-state index contributed by atoms with van der Waals surface area (Å²) in [5, 5.41) is 0. The average Bonchev–Trinajstić information content (AvgIpc) is 3.40. The zero-order chi connectivity index (χ0) is 53.6. The third-order valence-corrected chi connectivity index (χ3v) is 13.0. The highest BCUT2D eigenvalue weighted by atomic mass is 16.6. The number of allylic oxidation sites excluding steroid dienone is 18. The van der Waals surface area contributed by atoms with Gasteiger partial charge in [0.25, 0.3) is 0 Å². The number of carbonyl (C=O) groups is 3. The highest BCUT2D eigenvalue weighted by molar-refractivity contribution is 5.71. The van der Waals surface area contributed by atoms with Crippen LogP contribution in [-0.4, -0.2) is 37.2 Å². The Morgan fingerprint density at radius 2 is 0.541 bits per heavy atom. The maximum Gasteiger partial charge on any atom is 0.306 e. The van der Waals surface area contributed by atoms with Gasteiger partial charge in [-0.05, 0) is 103 Å². The van der Waals surface area contributed by atoms with Gasteiger partial charge in [0.05, 0.1) is 0 Å². The summed E-state index contributed by atoms with van der Waals surface area (Å²) >= 11 is 0. The molecule has 0 aromatic carbocycles. The van der Waals surface area contributed by atoms with Crippen molar-refractivity contribution in [2.24, 2.45) is 0 Å². The third-order valence-electron chi connectivity index (χ3n) is 13.0. The predicted molar refractivity (Wildman–Crippen MR) is 320 cm³/mol. The highest BCUT2D eigenvalue weighted by Gasteiger charge is 2.19. The second-order valence-corrected chi connectivity index (χ2v) is 20.2. The summed E-state index contributed by atoms with van der Waals surface area (Å²) in [7, 11) is 0.